The van der Waals surface area contributed by atoms with Crippen LogP contribution in [0.1, 0.15) is 26.2 Å². The lowest BCUT2D eigenvalue weighted by atomic mass is 10.2. The summed E-state index contributed by atoms with van der Waals surface area (Å²) in [5, 5.41) is 11.2. The van der Waals surface area contributed by atoms with Gasteiger partial charge in [0.1, 0.15) is 0 Å². The molecule has 6 nitrogen and oxygen atoms in total. The molecule has 0 bridgehead atoms. The summed E-state index contributed by atoms with van der Waals surface area (Å²) in [6, 6.07) is 5.85. The largest absolute Gasteiger partial charge is 0.369 e. The molecule has 1 aromatic carbocycles. The fourth-order valence-corrected chi connectivity index (χ4v) is 4.46. The first-order valence-electron chi connectivity index (χ1n) is 8.28. The molecule has 23 heavy (non-hydrogen) atoms. The number of nitrogens with zero attached hydrogens (tertiary/aromatic N) is 2. The molecule has 1 aliphatic rings. The topological polar surface area (TPSA) is 78.1 Å². The van der Waals surface area contributed by atoms with Crippen LogP contribution in [-0.4, -0.2) is 50.5 Å². The zero-order valence-corrected chi connectivity index (χ0v) is 14.3. The Labute approximate surface area is 137 Å². The Kier molecular flexibility index (Phi) is 4.87. The van der Waals surface area contributed by atoms with Gasteiger partial charge in [-0.2, -0.15) is 5.10 Å². The Balaban J connectivity index is 1.86. The van der Waals surface area contributed by atoms with E-state index in [1.165, 1.54) is 0 Å². The van der Waals surface area contributed by atoms with E-state index in [0.29, 0.717) is 11.8 Å². The Morgan fingerprint density at radius 2 is 2.00 bits per heavy atom. The number of rotatable bonds is 6. The number of hydrogen-bond acceptors (Lipinski definition) is 5. The van der Waals surface area contributed by atoms with Crippen molar-refractivity contribution in [2.45, 2.75) is 31.2 Å². The summed E-state index contributed by atoms with van der Waals surface area (Å²) >= 11 is 0. The second-order valence-electron chi connectivity index (χ2n) is 6.02. The number of benzene rings is 1. The van der Waals surface area contributed by atoms with Crippen molar-refractivity contribution in [1.82, 2.24) is 15.5 Å². The molecule has 7 heteroatoms. The number of aromatic amines is 1. The summed E-state index contributed by atoms with van der Waals surface area (Å²) in [6.07, 6.45) is 2.63. The van der Waals surface area contributed by atoms with Crippen molar-refractivity contribution in [3.63, 3.8) is 0 Å². The maximum Gasteiger partial charge on any atom is 0.195 e. The van der Waals surface area contributed by atoms with Crippen LogP contribution in [0.2, 0.25) is 0 Å². The van der Waals surface area contributed by atoms with Crippen LogP contribution in [0.3, 0.4) is 0 Å². The van der Waals surface area contributed by atoms with Crippen LogP contribution >= 0.6 is 0 Å². The summed E-state index contributed by atoms with van der Waals surface area (Å²) in [7, 11) is -3.30. The SMILES string of the molecule is CCCCCS(=O)(=O)c1[nH]nc2cc(N3CCNCC3)ccc12. The maximum absolute atomic E-state index is 12.5. The molecular formula is C16H24N4O2S. The van der Waals surface area contributed by atoms with E-state index in [-0.39, 0.29) is 10.8 Å². The summed E-state index contributed by atoms with van der Waals surface area (Å²) in [5.41, 5.74) is 1.82. The molecule has 0 aliphatic carbocycles. The van der Waals surface area contributed by atoms with Gasteiger partial charge < -0.3 is 10.2 Å². The number of anilines is 1. The van der Waals surface area contributed by atoms with E-state index in [0.717, 1.165) is 50.2 Å². The predicted octanol–water partition coefficient (Wildman–Crippen LogP) is 1.94. The van der Waals surface area contributed by atoms with E-state index in [2.05, 4.69) is 27.3 Å². The van der Waals surface area contributed by atoms with Gasteiger partial charge in [0.05, 0.1) is 11.3 Å². The van der Waals surface area contributed by atoms with E-state index in [1.807, 2.05) is 18.2 Å². The average Bonchev–Trinajstić information content (AvgIpc) is 3.00. The highest BCUT2D eigenvalue weighted by Gasteiger charge is 2.21. The van der Waals surface area contributed by atoms with Crippen molar-refractivity contribution in [2.75, 3.05) is 36.8 Å². The number of unbranched alkanes of at least 4 members (excludes halogenated alkanes) is 2. The summed E-state index contributed by atoms with van der Waals surface area (Å²) in [5.74, 6) is 0.178. The molecule has 1 aliphatic heterocycles. The normalized spacial score (nSPS) is 16.1. The fraction of sp³-hybridized carbons (Fsp3) is 0.562. The number of nitrogens with one attached hydrogen (secondary N) is 2. The van der Waals surface area contributed by atoms with E-state index in [4.69, 9.17) is 0 Å². The van der Waals surface area contributed by atoms with Gasteiger partial charge in [0, 0.05) is 37.3 Å². The molecule has 1 saturated heterocycles. The van der Waals surface area contributed by atoms with Crippen LogP contribution < -0.4 is 10.2 Å². The van der Waals surface area contributed by atoms with E-state index in [9.17, 15) is 8.42 Å². The predicted molar refractivity (Wildman–Crippen MR) is 92.8 cm³/mol. The van der Waals surface area contributed by atoms with E-state index >= 15 is 0 Å². The molecule has 3 rings (SSSR count). The lowest BCUT2D eigenvalue weighted by Crippen LogP contribution is -2.43. The first-order valence-corrected chi connectivity index (χ1v) is 9.93. The third-order valence-electron chi connectivity index (χ3n) is 4.31. The van der Waals surface area contributed by atoms with Crippen molar-refractivity contribution in [3.05, 3.63) is 18.2 Å². The lowest BCUT2D eigenvalue weighted by molar-refractivity contribution is 0.588. The van der Waals surface area contributed by atoms with Crippen LogP contribution in [0.5, 0.6) is 0 Å². The molecule has 126 valence electrons. The van der Waals surface area contributed by atoms with Gasteiger partial charge in [0.25, 0.3) is 0 Å². The quantitative estimate of drug-likeness (QED) is 0.788. The highest BCUT2D eigenvalue weighted by Crippen LogP contribution is 2.26. The molecular weight excluding hydrogens is 312 g/mol. The Morgan fingerprint density at radius 3 is 2.74 bits per heavy atom. The average molecular weight is 336 g/mol. The fourth-order valence-electron chi connectivity index (χ4n) is 2.98. The molecule has 0 spiro atoms. The van der Waals surface area contributed by atoms with Crippen molar-refractivity contribution in [1.29, 1.82) is 0 Å². The van der Waals surface area contributed by atoms with Crippen LogP contribution in [-0.2, 0) is 9.84 Å². The minimum Gasteiger partial charge on any atom is -0.369 e. The molecule has 0 unspecified atom stereocenters. The monoisotopic (exact) mass is 336 g/mol. The number of fused-ring (bicyclic) bond motifs is 1. The molecule has 1 aromatic heterocycles. The molecule has 0 amide bonds. The zero-order chi connectivity index (χ0) is 16.3. The van der Waals surface area contributed by atoms with Crippen molar-refractivity contribution in [3.8, 4) is 0 Å². The van der Waals surface area contributed by atoms with Gasteiger partial charge in [-0.1, -0.05) is 19.8 Å². The van der Waals surface area contributed by atoms with Crippen molar-refractivity contribution < 1.29 is 8.42 Å². The number of sulfone groups is 1. The Bertz CT molecular complexity index is 763. The highest BCUT2D eigenvalue weighted by atomic mass is 32.2. The Morgan fingerprint density at radius 1 is 1.22 bits per heavy atom. The van der Waals surface area contributed by atoms with Gasteiger partial charge in [0.15, 0.2) is 14.9 Å². The number of hydrogen-bond donors (Lipinski definition) is 2. The van der Waals surface area contributed by atoms with Gasteiger partial charge in [0.2, 0.25) is 0 Å². The first kappa shape index (κ1) is 16.3. The van der Waals surface area contributed by atoms with Crippen molar-refractivity contribution in [2.24, 2.45) is 0 Å². The Hall–Kier alpha value is -1.60. The van der Waals surface area contributed by atoms with Gasteiger partial charge >= 0.3 is 0 Å². The summed E-state index contributed by atoms with van der Waals surface area (Å²) < 4.78 is 25.0. The number of aromatic nitrogens is 2. The first-order chi connectivity index (χ1) is 11.1. The van der Waals surface area contributed by atoms with Crippen LogP contribution in [0.15, 0.2) is 23.2 Å². The van der Waals surface area contributed by atoms with Crippen LogP contribution in [0.25, 0.3) is 10.9 Å². The maximum atomic E-state index is 12.5. The third-order valence-corrected chi connectivity index (χ3v) is 6.07. The molecule has 0 atom stereocenters. The zero-order valence-electron chi connectivity index (χ0n) is 13.5. The van der Waals surface area contributed by atoms with E-state index in [1.54, 1.807) is 0 Å². The number of H-pyrrole nitrogens is 1. The molecule has 2 heterocycles. The van der Waals surface area contributed by atoms with Crippen molar-refractivity contribution >= 4 is 26.4 Å². The minimum absolute atomic E-state index is 0.178. The molecule has 1 fully saturated rings. The van der Waals surface area contributed by atoms with Crippen LogP contribution in [0, 0.1) is 0 Å². The molecule has 0 radical (unpaired) electrons. The standard InChI is InChI=1S/C16H24N4O2S/c1-2-3-4-11-23(21,22)16-14-6-5-13(12-15(14)18-19-16)20-9-7-17-8-10-20/h5-6,12,17H,2-4,7-11H2,1H3,(H,18,19). The summed E-state index contributed by atoms with van der Waals surface area (Å²) in [4.78, 5) is 2.29. The smallest absolute Gasteiger partial charge is 0.195 e. The number of piperazine rings is 1. The highest BCUT2D eigenvalue weighted by molar-refractivity contribution is 7.91. The van der Waals surface area contributed by atoms with Gasteiger partial charge in [-0.3, -0.25) is 5.10 Å². The van der Waals surface area contributed by atoms with Gasteiger partial charge in [-0.05, 0) is 24.6 Å². The minimum atomic E-state index is -3.30. The second-order valence-corrected chi connectivity index (χ2v) is 8.06. The lowest BCUT2D eigenvalue weighted by Gasteiger charge is -2.29. The molecule has 0 saturated carbocycles. The molecule has 2 N–H and O–H groups in total. The summed E-state index contributed by atoms with van der Waals surface area (Å²) in [6.45, 7) is 5.91. The van der Waals surface area contributed by atoms with Gasteiger partial charge in [-0.15, -0.1) is 0 Å². The van der Waals surface area contributed by atoms with Crippen LogP contribution in [0.4, 0.5) is 5.69 Å². The third kappa shape index (κ3) is 3.50. The second kappa shape index (κ2) is 6.88. The van der Waals surface area contributed by atoms with E-state index < -0.39 is 9.84 Å². The van der Waals surface area contributed by atoms with Gasteiger partial charge in [-0.25, -0.2) is 8.42 Å². The molecule has 2 aromatic rings.